The average Bonchev–Trinajstić information content (AvgIpc) is 3.46. The first-order valence-electron chi connectivity index (χ1n) is 34.9. The van der Waals surface area contributed by atoms with Gasteiger partial charge in [0.1, 0.15) is 13.2 Å². The molecule has 0 aliphatic heterocycles. The second-order valence-corrected chi connectivity index (χ2v) is 23.4. The van der Waals surface area contributed by atoms with Gasteiger partial charge in [0.05, 0.1) is 0 Å². The summed E-state index contributed by atoms with van der Waals surface area (Å²) in [6.07, 6.45) is 89.3. The molecular weight excluding hydrogens is 985 g/mol. The van der Waals surface area contributed by atoms with E-state index in [-0.39, 0.29) is 31.1 Å². The Balaban J connectivity index is 4.20. The van der Waals surface area contributed by atoms with Crippen molar-refractivity contribution in [1.29, 1.82) is 0 Å². The molecule has 0 rings (SSSR count). The average molecular weight is 1120 g/mol. The maximum absolute atomic E-state index is 12.9. The fourth-order valence-electron chi connectivity index (χ4n) is 10.2. The minimum Gasteiger partial charge on any atom is -0.462 e. The topological polar surface area (TPSA) is 78.9 Å². The molecule has 0 aromatic carbocycles. The first-order chi connectivity index (χ1) is 39.5. The monoisotopic (exact) mass is 1120 g/mol. The highest BCUT2D eigenvalue weighted by atomic mass is 16.6. The fourth-order valence-corrected chi connectivity index (χ4v) is 10.2. The molecule has 0 amide bonds. The quantitative estimate of drug-likeness (QED) is 0.0261. The lowest BCUT2D eigenvalue weighted by Crippen LogP contribution is -2.30. The Morgan fingerprint density at radius 2 is 0.487 bits per heavy atom. The number of ether oxygens (including phenoxy) is 3. The lowest BCUT2D eigenvalue weighted by Gasteiger charge is -2.18. The Morgan fingerprint density at radius 1 is 0.263 bits per heavy atom. The molecule has 1 atom stereocenters. The Labute approximate surface area is 497 Å². The van der Waals surface area contributed by atoms with E-state index in [9.17, 15) is 14.4 Å². The molecule has 464 valence electrons. The number of hydrogen-bond acceptors (Lipinski definition) is 6. The van der Waals surface area contributed by atoms with Crippen LogP contribution in [-0.2, 0) is 28.6 Å². The predicted molar refractivity (Wildman–Crippen MR) is 348 cm³/mol. The number of carbonyl (C=O) groups is 3. The zero-order valence-corrected chi connectivity index (χ0v) is 53.3. The molecule has 6 nitrogen and oxygen atoms in total. The summed E-state index contributed by atoms with van der Waals surface area (Å²) in [6.45, 7) is 6.56. The lowest BCUT2D eigenvalue weighted by molar-refractivity contribution is -0.167. The van der Waals surface area contributed by atoms with Crippen molar-refractivity contribution in [3.05, 3.63) is 72.9 Å². The van der Waals surface area contributed by atoms with Gasteiger partial charge in [-0.2, -0.15) is 0 Å². The Bertz CT molecular complexity index is 1470. The molecule has 0 bridgehead atoms. The van der Waals surface area contributed by atoms with Crippen molar-refractivity contribution in [2.45, 2.75) is 367 Å². The Morgan fingerprint density at radius 3 is 0.775 bits per heavy atom. The van der Waals surface area contributed by atoms with Gasteiger partial charge in [-0.1, -0.05) is 306 Å². The third-order valence-electron chi connectivity index (χ3n) is 15.4. The number of carbonyl (C=O) groups excluding carboxylic acids is 3. The smallest absolute Gasteiger partial charge is 0.306 e. The third kappa shape index (κ3) is 65.7. The fraction of sp³-hybridized carbons (Fsp3) is 0.797. The van der Waals surface area contributed by atoms with Crippen molar-refractivity contribution in [1.82, 2.24) is 0 Å². The molecule has 0 aliphatic carbocycles. The number of esters is 3. The van der Waals surface area contributed by atoms with Gasteiger partial charge in [0, 0.05) is 19.3 Å². The number of rotatable bonds is 64. The molecule has 0 N–H and O–H groups in total. The van der Waals surface area contributed by atoms with E-state index >= 15 is 0 Å². The highest BCUT2D eigenvalue weighted by Gasteiger charge is 2.19. The predicted octanol–water partition coefficient (Wildman–Crippen LogP) is 24.1. The van der Waals surface area contributed by atoms with Crippen LogP contribution in [0.4, 0.5) is 0 Å². The molecular formula is C74H132O6. The largest absolute Gasteiger partial charge is 0.462 e. The van der Waals surface area contributed by atoms with Crippen LogP contribution >= 0.6 is 0 Å². The van der Waals surface area contributed by atoms with Crippen LogP contribution in [0.2, 0.25) is 0 Å². The van der Waals surface area contributed by atoms with E-state index in [4.69, 9.17) is 14.2 Å². The van der Waals surface area contributed by atoms with E-state index in [1.54, 1.807) is 0 Å². The molecule has 0 fully saturated rings. The van der Waals surface area contributed by atoms with Gasteiger partial charge in [-0.3, -0.25) is 14.4 Å². The van der Waals surface area contributed by atoms with Crippen molar-refractivity contribution >= 4 is 17.9 Å². The molecule has 1 unspecified atom stereocenters. The molecule has 0 aromatic heterocycles. The zero-order valence-electron chi connectivity index (χ0n) is 53.3. The molecule has 0 aliphatic rings. The number of allylic oxidation sites excluding steroid dienone is 12. The summed E-state index contributed by atoms with van der Waals surface area (Å²) in [4.78, 5) is 38.4. The standard InChI is InChI=1S/C74H132O6/c1-4-7-10-13-16-19-22-25-28-30-31-32-33-34-35-36-37-38-39-40-41-42-43-44-47-49-52-55-58-61-64-67-73(76)79-70-71(69-78-72(75)66-63-60-57-54-51-48-45-27-24-21-18-15-12-9-6-3)80-74(77)68-65-62-59-56-53-50-46-29-26-23-20-17-14-11-8-5-2/h7,10,16,19,25,27-29,31-32,45-46,71H,4-6,8-9,11-15,17-18,20-24,26,30,33-44,47-70H2,1-3H3/b10-7-,19-16-,28-25-,32-31-,45-27-,46-29-. The van der Waals surface area contributed by atoms with E-state index in [1.807, 2.05) is 0 Å². The van der Waals surface area contributed by atoms with E-state index in [0.29, 0.717) is 19.3 Å². The first kappa shape index (κ1) is 76.9. The van der Waals surface area contributed by atoms with Crippen molar-refractivity contribution in [2.24, 2.45) is 0 Å². The molecule has 0 saturated carbocycles. The van der Waals surface area contributed by atoms with Crippen molar-refractivity contribution < 1.29 is 28.6 Å². The second-order valence-electron chi connectivity index (χ2n) is 23.4. The van der Waals surface area contributed by atoms with E-state index in [1.165, 1.54) is 225 Å². The second kappa shape index (κ2) is 68.3. The summed E-state index contributed by atoms with van der Waals surface area (Å²) in [5.41, 5.74) is 0. The number of unbranched alkanes of at least 4 members (excludes halogenated alkanes) is 41. The number of hydrogen-bond donors (Lipinski definition) is 0. The van der Waals surface area contributed by atoms with Crippen LogP contribution < -0.4 is 0 Å². The molecule has 0 spiro atoms. The van der Waals surface area contributed by atoms with Crippen molar-refractivity contribution in [3.63, 3.8) is 0 Å². The van der Waals surface area contributed by atoms with Gasteiger partial charge in [-0.05, 0) is 109 Å². The summed E-state index contributed by atoms with van der Waals surface area (Å²) >= 11 is 0. The van der Waals surface area contributed by atoms with Gasteiger partial charge >= 0.3 is 17.9 Å². The first-order valence-corrected chi connectivity index (χ1v) is 34.9. The van der Waals surface area contributed by atoms with E-state index in [2.05, 4.69) is 93.7 Å². The van der Waals surface area contributed by atoms with Gasteiger partial charge in [-0.15, -0.1) is 0 Å². The molecule has 0 saturated heterocycles. The SMILES string of the molecule is CC/C=C\C/C=C\C/C=C\C/C=C\CCCCCCCCCCCCCCCCCCCCC(=O)OCC(COC(=O)CCCCCCC/C=C\CCCCCCCC)OC(=O)CCCCCCC/C=C\CCCCCCCCC. The summed E-state index contributed by atoms with van der Waals surface area (Å²) in [5.74, 6) is -0.873. The third-order valence-corrected chi connectivity index (χ3v) is 15.4. The highest BCUT2D eigenvalue weighted by Crippen LogP contribution is 2.17. The van der Waals surface area contributed by atoms with Crippen LogP contribution in [-0.4, -0.2) is 37.2 Å². The van der Waals surface area contributed by atoms with Crippen LogP contribution in [0.3, 0.4) is 0 Å². The van der Waals surface area contributed by atoms with Gasteiger partial charge in [0.2, 0.25) is 0 Å². The van der Waals surface area contributed by atoms with Crippen molar-refractivity contribution in [2.75, 3.05) is 13.2 Å². The summed E-state index contributed by atoms with van der Waals surface area (Å²) in [5, 5.41) is 0. The van der Waals surface area contributed by atoms with Gasteiger partial charge in [0.15, 0.2) is 6.10 Å². The minimum absolute atomic E-state index is 0.0770. The normalized spacial score (nSPS) is 12.5. The molecule has 0 radical (unpaired) electrons. The van der Waals surface area contributed by atoms with Crippen LogP contribution in [0.1, 0.15) is 361 Å². The minimum atomic E-state index is -0.782. The van der Waals surface area contributed by atoms with Crippen LogP contribution in [0.15, 0.2) is 72.9 Å². The van der Waals surface area contributed by atoms with Crippen LogP contribution in [0.25, 0.3) is 0 Å². The molecule has 0 aromatic rings. The summed E-state index contributed by atoms with van der Waals surface area (Å²) in [7, 11) is 0. The van der Waals surface area contributed by atoms with E-state index < -0.39 is 6.10 Å². The maximum atomic E-state index is 12.9. The maximum Gasteiger partial charge on any atom is 0.306 e. The summed E-state index contributed by atoms with van der Waals surface area (Å²) in [6, 6.07) is 0. The zero-order chi connectivity index (χ0) is 57.8. The van der Waals surface area contributed by atoms with Crippen LogP contribution in [0.5, 0.6) is 0 Å². The van der Waals surface area contributed by atoms with Gasteiger partial charge in [-0.25, -0.2) is 0 Å². The van der Waals surface area contributed by atoms with Gasteiger partial charge in [0.25, 0.3) is 0 Å². The van der Waals surface area contributed by atoms with Crippen molar-refractivity contribution in [3.8, 4) is 0 Å². The highest BCUT2D eigenvalue weighted by molar-refractivity contribution is 5.71. The Hall–Kier alpha value is -3.15. The Kier molecular flexibility index (Phi) is 65.7. The van der Waals surface area contributed by atoms with Gasteiger partial charge < -0.3 is 14.2 Å². The lowest BCUT2D eigenvalue weighted by atomic mass is 10.0. The molecule has 0 heterocycles. The summed E-state index contributed by atoms with van der Waals surface area (Å²) < 4.78 is 17.0. The van der Waals surface area contributed by atoms with Crippen LogP contribution in [0, 0.1) is 0 Å². The van der Waals surface area contributed by atoms with E-state index in [0.717, 1.165) is 96.3 Å². The molecule has 6 heteroatoms. The molecule has 80 heavy (non-hydrogen) atoms.